The second kappa shape index (κ2) is 10.7. The summed E-state index contributed by atoms with van der Waals surface area (Å²) in [4.78, 5) is 15.2. The molecule has 11 rings (SSSR count). The third kappa shape index (κ3) is 4.07. The molecule has 238 valence electrons. The second-order valence-corrected chi connectivity index (χ2v) is 12.5. The van der Waals surface area contributed by atoms with E-state index in [0.29, 0.717) is 16.7 Å². The zero-order valence-electron chi connectivity index (χ0n) is 31.8. The summed E-state index contributed by atoms with van der Waals surface area (Å²) in [6.45, 7) is 0. The molecular weight excluding hydrogens is 627 g/mol. The number of benzene rings is 7. The van der Waals surface area contributed by atoms with Crippen LogP contribution in [0.1, 0.15) is 6.85 Å². The molecule has 0 amide bonds. The second-order valence-electron chi connectivity index (χ2n) is 12.5. The molecule has 0 aliphatic carbocycles. The minimum atomic E-state index is -0.494. The summed E-state index contributed by atoms with van der Waals surface area (Å²) in [6, 6.07) is 42.1. The zero-order chi connectivity index (χ0) is 37.8. The molecule has 51 heavy (non-hydrogen) atoms. The average Bonchev–Trinajstić information content (AvgIpc) is 3.90. The van der Waals surface area contributed by atoms with Gasteiger partial charge in [0.05, 0.1) is 28.9 Å². The van der Waals surface area contributed by atoms with Gasteiger partial charge in [-0.2, -0.15) is 9.97 Å². The van der Waals surface area contributed by atoms with Crippen molar-refractivity contribution in [1.82, 2.24) is 24.1 Å². The van der Waals surface area contributed by atoms with E-state index in [1.165, 1.54) is 0 Å². The monoisotopic (exact) mass is 658 g/mol. The number of furan rings is 1. The molecule has 0 fully saturated rings. The van der Waals surface area contributed by atoms with Crippen LogP contribution in [0.3, 0.4) is 0 Å². The predicted octanol–water partition coefficient (Wildman–Crippen LogP) is 11.3. The number of rotatable bonds is 4. The normalized spacial score (nSPS) is 13.3. The first-order valence-electron chi connectivity index (χ1n) is 19.1. The van der Waals surface area contributed by atoms with Crippen LogP contribution in [0.2, 0.25) is 0 Å². The number of aromatic nitrogens is 5. The third-order valence-electron chi connectivity index (χ3n) is 9.67. The van der Waals surface area contributed by atoms with E-state index in [4.69, 9.17) is 26.2 Å². The molecule has 0 atom stereocenters. The van der Waals surface area contributed by atoms with Gasteiger partial charge in [-0.3, -0.25) is 4.57 Å². The SMILES string of the molecule is [2H]c1c([2H])c([2H])c(-c2nc(-c3cccc4oc5ccccc5c34)nc(-n3c4ccccc4c4ccc5c6ccccc6n(-c6ccccc6)c5c43)n2)c([2H])c1[2H]. The van der Waals surface area contributed by atoms with E-state index in [-0.39, 0.29) is 23.2 Å². The van der Waals surface area contributed by atoms with Crippen LogP contribution in [0.4, 0.5) is 0 Å². The number of fused-ring (bicyclic) bond motifs is 10. The molecule has 0 unspecified atom stereocenters. The molecular formula is C45H27N5O. The van der Waals surface area contributed by atoms with Gasteiger partial charge in [-0.05, 0) is 36.4 Å². The van der Waals surface area contributed by atoms with Crippen molar-refractivity contribution in [2.45, 2.75) is 0 Å². The van der Waals surface area contributed by atoms with Gasteiger partial charge in [0, 0.05) is 49.1 Å². The van der Waals surface area contributed by atoms with Gasteiger partial charge in [0.1, 0.15) is 11.2 Å². The average molecular weight is 659 g/mol. The molecule has 0 saturated heterocycles. The Balaban J connectivity index is 1.33. The van der Waals surface area contributed by atoms with Gasteiger partial charge in [0.2, 0.25) is 5.95 Å². The van der Waals surface area contributed by atoms with Crippen molar-refractivity contribution in [1.29, 1.82) is 0 Å². The lowest BCUT2D eigenvalue weighted by Crippen LogP contribution is -2.07. The maximum absolute atomic E-state index is 8.96. The molecule has 0 aliphatic rings. The van der Waals surface area contributed by atoms with Crippen molar-refractivity contribution in [3.8, 4) is 34.4 Å². The van der Waals surface area contributed by atoms with E-state index in [0.717, 1.165) is 60.1 Å². The molecule has 4 heterocycles. The molecule has 0 aliphatic heterocycles. The highest BCUT2D eigenvalue weighted by atomic mass is 16.3. The fraction of sp³-hybridized carbons (Fsp3) is 0. The van der Waals surface area contributed by atoms with Crippen molar-refractivity contribution >= 4 is 65.6 Å². The molecule has 0 radical (unpaired) electrons. The van der Waals surface area contributed by atoms with Crippen LogP contribution in [-0.2, 0) is 0 Å². The largest absolute Gasteiger partial charge is 0.456 e. The van der Waals surface area contributed by atoms with E-state index in [1.807, 2.05) is 95.6 Å². The summed E-state index contributed by atoms with van der Waals surface area (Å²) in [6.07, 6.45) is 0. The van der Waals surface area contributed by atoms with Crippen molar-refractivity contribution < 1.29 is 11.3 Å². The van der Waals surface area contributed by atoms with Crippen LogP contribution in [0.5, 0.6) is 0 Å². The topological polar surface area (TPSA) is 61.7 Å². The van der Waals surface area contributed by atoms with Gasteiger partial charge in [-0.25, -0.2) is 4.98 Å². The fourth-order valence-electron chi connectivity index (χ4n) is 7.57. The van der Waals surface area contributed by atoms with Gasteiger partial charge in [0.25, 0.3) is 0 Å². The van der Waals surface area contributed by atoms with Crippen LogP contribution in [0.25, 0.3) is 100.0 Å². The fourth-order valence-corrected chi connectivity index (χ4v) is 7.57. The molecule has 7 aromatic carbocycles. The number of nitrogens with zero attached hydrogens (tertiary/aromatic N) is 5. The van der Waals surface area contributed by atoms with Crippen LogP contribution in [0, 0.1) is 0 Å². The molecule has 0 saturated carbocycles. The minimum Gasteiger partial charge on any atom is -0.456 e. The maximum Gasteiger partial charge on any atom is 0.238 e. The van der Waals surface area contributed by atoms with Crippen LogP contribution < -0.4 is 0 Å². The van der Waals surface area contributed by atoms with Gasteiger partial charge < -0.3 is 8.98 Å². The Labute approximate surface area is 298 Å². The van der Waals surface area contributed by atoms with Gasteiger partial charge in [0.15, 0.2) is 11.6 Å². The Bertz CT molecular complexity index is 3410. The summed E-state index contributed by atoms with van der Waals surface area (Å²) < 4.78 is 53.8. The lowest BCUT2D eigenvalue weighted by molar-refractivity contribution is 0.669. The highest BCUT2D eigenvalue weighted by Crippen LogP contribution is 2.42. The summed E-state index contributed by atoms with van der Waals surface area (Å²) in [5.41, 5.74) is 6.51. The smallest absolute Gasteiger partial charge is 0.238 e. The van der Waals surface area contributed by atoms with Crippen molar-refractivity contribution in [3.63, 3.8) is 0 Å². The molecule has 0 bridgehead atoms. The lowest BCUT2D eigenvalue weighted by atomic mass is 10.1. The first-order chi connectivity index (χ1) is 27.4. The first kappa shape index (κ1) is 23.3. The van der Waals surface area contributed by atoms with Crippen molar-refractivity contribution in [2.75, 3.05) is 0 Å². The zero-order valence-corrected chi connectivity index (χ0v) is 26.8. The van der Waals surface area contributed by atoms with Gasteiger partial charge >= 0.3 is 0 Å². The Kier molecular flexibility index (Phi) is 4.91. The van der Waals surface area contributed by atoms with E-state index < -0.39 is 30.2 Å². The number of hydrogen-bond acceptors (Lipinski definition) is 4. The van der Waals surface area contributed by atoms with Crippen LogP contribution in [0.15, 0.2) is 168 Å². The first-order valence-corrected chi connectivity index (χ1v) is 16.6. The molecule has 0 N–H and O–H groups in total. The molecule has 0 spiro atoms. The number of para-hydroxylation sites is 4. The maximum atomic E-state index is 8.96. The van der Waals surface area contributed by atoms with E-state index in [1.54, 1.807) is 0 Å². The van der Waals surface area contributed by atoms with E-state index >= 15 is 0 Å². The van der Waals surface area contributed by atoms with Crippen LogP contribution in [-0.4, -0.2) is 24.1 Å². The minimum absolute atomic E-state index is 0.0477. The Morgan fingerprint density at radius 2 is 1.08 bits per heavy atom. The molecule has 6 heteroatoms. The Hall–Kier alpha value is -7.05. The standard InChI is InChI=1S/C45H27N5O/c1-3-14-28(15-4-1)43-46-44(35-21-13-25-39-40(35)34-20-9-12-24-38(34)51-39)48-45(47-43)50-37-23-11-8-19-31(37)33-27-26-32-30-18-7-10-22-36(30)49(41(32)42(33)50)29-16-5-2-6-17-29/h1-27H/i1D,3D,4D,14D,15D. The molecule has 6 nitrogen and oxygen atoms in total. The molecule has 11 aromatic rings. The van der Waals surface area contributed by atoms with Crippen LogP contribution >= 0.6 is 0 Å². The summed E-state index contributed by atoms with van der Waals surface area (Å²) >= 11 is 0. The summed E-state index contributed by atoms with van der Waals surface area (Å²) in [5, 5.41) is 5.73. The Morgan fingerprint density at radius 3 is 1.84 bits per heavy atom. The van der Waals surface area contributed by atoms with Gasteiger partial charge in [-0.1, -0.05) is 127 Å². The predicted molar refractivity (Wildman–Crippen MR) is 207 cm³/mol. The van der Waals surface area contributed by atoms with Gasteiger partial charge in [-0.15, -0.1) is 0 Å². The summed E-state index contributed by atoms with van der Waals surface area (Å²) in [5.74, 6) is 0.439. The number of hydrogen-bond donors (Lipinski definition) is 0. The highest BCUT2D eigenvalue weighted by Gasteiger charge is 2.24. The van der Waals surface area contributed by atoms with Crippen molar-refractivity contribution in [2.24, 2.45) is 0 Å². The van der Waals surface area contributed by atoms with Crippen molar-refractivity contribution in [3.05, 3.63) is 164 Å². The van der Waals surface area contributed by atoms with E-state index in [2.05, 4.69) is 47.0 Å². The quantitative estimate of drug-likeness (QED) is 0.189. The molecule has 4 aromatic heterocycles. The third-order valence-corrected chi connectivity index (χ3v) is 9.67. The summed E-state index contributed by atoms with van der Waals surface area (Å²) in [7, 11) is 0. The highest BCUT2D eigenvalue weighted by molar-refractivity contribution is 6.23. The van der Waals surface area contributed by atoms with E-state index in [9.17, 15) is 0 Å². The Morgan fingerprint density at radius 1 is 0.471 bits per heavy atom. The lowest BCUT2D eigenvalue weighted by Gasteiger charge is -2.13.